The molecule has 1 aromatic carbocycles. The molecule has 4 rings (SSSR count). The Morgan fingerprint density at radius 2 is 2.02 bits per heavy atom. The fourth-order valence-corrected chi connectivity index (χ4v) is 5.30. The zero-order valence-corrected chi connectivity index (χ0v) is 24.1. The second kappa shape index (κ2) is 15.2. The number of hydrogen-bond donors (Lipinski definition) is 3. The van der Waals surface area contributed by atoms with Crippen molar-refractivity contribution in [2.24, 2.45) is 11.8 Å². The summed E-state index contributed by atoms with van der Waals surface area (Å²) >= 11 is 0. The number of fused-ring (bicyclic) bond motifs is 3. The number of amides is 3. The maximum Gasteiger partial charge on any atom is 0.236 e. The van der Waals surface area contributed by atoms with Gasteiger partial charge in [0.25, 0.3) is 0 Å². The Hall–Kier alpha value is -3.92. The maximum absolute atomic E-state index is 13.1. The first-order valence-electron chi connectivity index (χ1n) is 14.4. The van der Waals surface area contributed by atoms with Crippen molar-refractivity contribution in [3.05, 3.63) is 66.0 Å². The minimum Gasteiger partial charge on any atom is -0.489 e. The summed E-state index contributed by atoms with van der Waals surface area (Å²) in [5, 5.41) is 8.89. The minimum atomic E-state index is -0.117. The van der Waals surface area contributed by atoms with E-state index >= 15 is 0 Å². The average Bonchev–Trinajstić information content (AvgIpc) is 2.98. The minimum absolute atomic E-state index is 0.0379. The molecule has 0 spiro atoms. The zero-order chi connectivity index (χ0) is 29.0. The fraction of sp³-hybridized carbons (Fsp3) is 0.484. The Morgan fingerprint density at radius 1 is 1.17 bits per heavy atom. The molecule has 1 aromatic heterocycles. The van der Waals surface area contributed by atoms with Crippen LogP contribution in [0.15, 0.2) is 54.7 Å². The van der Waals surface area contributed by atoms with Gasteiger partial charge < -0.3 is 30.5 Å². The number of ether oxygens (including phenoxy) is 1. The van der Waals surface area contributed by atoms with Crippen molar-refractivity contribution in [1.82, 2.24) is 25.8 Å². The zero-order valence-electron chi connectivity index (χ0n) is 24.1. The van der Waals surface area contributed by atoms with Crippen molar-refractivity contribution >= 4 is 23.4 Å². The first-order valence-corrected chi connectivity index (χ1v) is 14.4. The lowest BCUT2D eigenvalue weighted by molar-refractivity contribution is -0.132. The molecule has 10 heteroatoms. The van der Waals surface area contributed by atoms with Crippen LogP contribution in [0.2, 0.25) is 0 Å². The Kier molecular flexibility index (Phi) is 11.1. The molecule has 1 fully saturated rings. The average molecular weight is 563 g/mol. The smallest absolute Gasteiger partial charge is 0.236 e. The van der Waals surface area contributed by atoms with Gasteiger partial charge in [0, 0.05) is 89.2 Å². The molecule has 0 radical (unpaired) electrons. The monoisotopic (exact) mass is 562 g/mol. The summed E-state index contributed by atoms with van der Waals surface area (Å²) < 4.78 is 6.16. The first-order chi connectivity index (χ1) is 19.9. The lowest BCUT2D eigenvalue weighted by atomic mass is 9.82. The van der Waals surface area contributed by atoms with Crippen LogP contribution in [0.3, 0.4) is 0 Å². The summed E-state index contributed by atoms with van der Waals surface area (Å²) in [6, 6.07) is 12.1. The van der Waals surface area contributed by atoms with Gasteiger partial charge in [-0.2, -0.15) is 0 Å². The van der Waals surface area contributed by atoms with E-state index in [1.54, 1.807) is 0 Å². The van der Waals surface area contributed by atoms with Crippen molar-refractivity contribution < 1.29 is 19.1 Å². The van der Waals surface area contributed by atoms with Gasteiger partial charge in [0.15, 0.2) is 0 Å². The Morgan fingerprint density at radius 3 is 2.83 bits per heavy atom. The Labute approximate surface area is 242 Å². The molecular weight excluding hydrogens is 520 g/mol. The van der Waals surface area contributed by atoms with Gasteiger partial charge in [0.05, 0.1) is 6.54 Å². The molecule has 3 heterocycles. The highest BCUT2D eigenvalue weighted by molar-refractivity contribution is 5.79. The van der Waals surface area contributed by atoms with E-state index in [4.69, 9.17) is 4.74 Å². The van der Waals surface area contributed by atoms with Gasteiger partial charge >= 0.3 is 0 Å². The van der Waals surface area contributed by atoms with E-state index in [-0.39, 0.29) is 36.1 Å². The maximum atomic E-state index is 13.1. The number of hydrogen-bond acceptors (Lipinski definition) is 7. The molecule has 0 saturated carbocycles. The molecule has 0 aliphatic carbocycles. The van der Waals surface area contributed by atoms with Gasteiger partial charge in [-0.1, -0.05) is 18.2 Å². The molecule has 1 saturated heterocycles. The number of benzene rings is 1. The highest BCUT2D eigenvalue weighted by Crippen LogP contribution is 2.29. The number of rotatable bonds is 9. The second-order valence-electron chi connectivity index (χ2n) is 10.7. The van der Waals surface area contributed by atoms with E-state index < -0.39 is 0 Å². The van der Waals surface area contributed by atoms with Crippen molar-refractivity contribution in [2.45, 2.75) is 32.7 Å². The van der Waals surface area contributed by atoms with Crippen LogP contribution in [0.1, 0.15) is 31.0 Å². The predicted molar refractivity (Wildman–Crippen MR) is 158 cm³/mol. The highest BCUT2D eigenvalue weighted by atomic mass is 16.5. The molecule has 10 nitrogen and oxygen atoms in total. The number of nitrogens with one attached hydrogen (secondary N) is 3. The van der Waals surface area contributed by atoms with Crippen molar-refractivity contribution in [1.29, 1.82) is 0 Å². The van der Waals surface area contributed by atoms with Crippen LogP contribution in [0, 0.1) is 11.8 Å². The van der Waals surface area contributed by atoms with E-state index in [0.29, 0.717) is 45.8 Å². The van der Waals surface area contributed by atoms with E-state index in [9.17, 15) is 14.4 Å². The molecule has 2 aliphatic rings. The molecule has 2 aromatic rings. The summed E-state index contributed by atoms with van der Waals surface area (Å²) in [6.07, 6.45) is 7.91. The summed E-state index contributed by atoms with van der Waals surface area (Å²) in [5.74, 6) is 0.887. The summed E-state index contributed by atoms with van der Waals surface area (Å²) in [5.41, 5.74) is 3.13. The SMILES string of the molecule is CC(=O)NCCNC(=O)C[C@@H]1CCN2C[C@@H]1/C=C/COc1ccc(N(C)CCc3ccccn3)cc1CNCC2=O. The summed E-state index contributed by atoms with van der Waals surface area (Å²) in [6.45, 7) is 5.47. The van der Waals surface area contributed by atoms with Gasteiger partial charge in [0.1, 0.15) is 12.4 Å². The second-order valence-corrected chi connectivity index (χ2v) is 10.7. The first kappa shape index (κ1) is 30.0. The number of carbonyl (C=O) groups excluding carboxylic acids is 3. The normalized spacial score (nSPS) is 19.9. The quantitative estimate of drug-likeness (QED) is 0.316. The number of pyridine rings is 1. The number of piperidine rings is 1. The molecule has 2 bridgehead atoms. The van der Waals surface area contributed by atoms with Crippen LogP contribution >= 0.6 is 0 Å². The molecule has 2 aliphatic heterocycles. The highest BCUT2D eigenvalue weighted by Gasteiger charge is 2.31. The van der Waals surface area contributed by atoms with Gasteiger partial charge in [-0.15, -0.1) is 0 Å². The van der Waals surface area contributed by atoms with Crippen molar-refractivity contribution in [3.8, 4) is 5.75 Å². The third kappa shape index (κ3) is 9.31. The van der Waals surface area contributed by atoms with E-state index in [1.807, 2.05) is 41.4 Å². The Balaban J connectivity index is 1.38. The number of carbonyl (C=O) groups is 3. The third-order valence-electron chi connectivity index (χ3n) is 7.65. The summed E-state index contributed by atoms with van der Waals surface area (Å²) in [4.78, 5) is 45.2. The van der Waals surface area contributed by atoms with Crippen LogP contribution in [-0.2, 0) is 27.3 Å². The van der Waals surface area contributed by atoms with Crippen LogP contribution in [0.5, 0.6) is 5.75 Å². The molecule has 220 valence electrons. The van der Waals surface area contributed by atoms with Crippen molar-refractivity contribution in [2.75, 3.05) is 57.8 Å². The van der Waals surface area contributed by atoms with Gasteiger partial charge in [0.2, 0.25) is 17.7 Å². The van der Waals surface area contributed by atoms with Crippen LogP contribution < -0.4 is 25.6 Å². The van der Waals surface area contributed by atoms with E-state index in [2.05, 4.69) is 51.1 Å². The lowest BCUT2D eigenvalue weighted by Crippen LogP contribution is -2.47. The molecule has 41 heavy (non-hydrogen) atoms. The van der Waals surface area contributed by atoms with Crippen molar-refractivity contribution in [3.63, 3.8) is 0 Å². The topological polar surface area (TPSA) is 116 Å². The molecule has 2 atom stereocenters. The Bertz CT molecular complexity index is 1200. The molecular formula is C31H42N6O4. The number of aromatic nitrogens is 1. The van der Waals surface area contributed by atoms with Crippen LogP contribution in [0.25, 0.3) is 0 Å². The summed E-state index contributed by atoms with van der Waals surface area (Å²) in [7, 11) is 2.07. The number of likely N-dealkylation sites (N-methyl/N-ethyl adjacent to an activating group) is 1. The van der Waals surface area contributed by atoms with Gasteiger partial charge in [-0.25, -0.2) is 0 Å². The van der Waals surface area contributed by atoms with Crippen LogP contribution in [-0.4, -0.2) is 80.5 Å². The third-order valence-corrected chi connectivity index (χ3v) is 7.65. The van der Waals surface area contributed by atoms with Gasteiger partial charge in [-0.3, -0.25) is 19.4 Å². The van der Waals surface area contributed by atoms with E-state index in [0.717, 1.165) is 42.1 Å². The lowest BCUT2D eigenvalue weighted by Gasteiger charge is -2.37. The van der Waals surface area contributed by atoms with Crippen LogP contribution in [0.4, 0.5) is 5.69 Å². The molecule has 3 N–H and O–H groups in total. The largest absolute Gasteiger partial charge is 0.489 e. The number of nitrogens with zero attached hydrogens (tertiary/aromatic N) is 3. The standard InChI is InChI=1S/C31H42N6O4/c1-23(38)33-13-14-35-30(39)19-24-10-16-37-22-25(24)6-5-17-41-29-9-8-28(18-26(29)20-32-21-31(37)40)36(2)15-11-27-7-3-4-12-34-27/h3-9,12,18,24-25,32H,10-11,13-17,19-22H2,1-2H3,(H,33,38)(H,35,39)/b6-5+/t24-,25-/m0/s1. The number of anilines is 1. The molecule has 3 amide bonds. The fourth-order valence-electron chi connectivity index (χ4n) is 5.30. The predicted octanol–water partition coefficient (Wildman–Crippen LogP) is 1.91. The molecule has 0 unspecified atom stereocenters. The van der Waals surface area contributed by atoms with E-state index in [1.165, 1.54) is 6.92 Å². The van der Waals surface area contributed by atoms with Gasteiger partial charge in [-0.05, 0) is 48.6 Å².